The Bertz CT molecular complexity index is 509. The minimum absolute atomic E-state index is 0. The van der Waals surface area contributed by atoms with E-state index in [9.17, 15) is 9.59 Å². The van der Waals surface area contributed by atoms with Gasteiger partial charge >= 0.3 is 0 Å². The molecule has 1 aliphatic heterocycles. The first kappa shape index (κ1) is 16.7. The summed E-state index contributed by atoms with van der Waals surface area (Å²) in [7, 11) is 1.67. The van der Waals surface area contributed by atoms with Gasteiger partial charge in [-0.2, -0.15) is 0 Å². The van der Waals surface area contributed by atoms with Gasteiger partial charge in [0.25, 0.3) is 11.5 Å². The molecule has 0 radical (unpaired) electrons. The summed E-state index contributed by atoms with van der Waals surface area (Å²) in [6, 6.07) is 3.57. The number of nitrogens with one attached hydrogen (secondary N) is 1. The van der Waals surface area contributed by atoms with E-state index in [0.717, 1.165) is 25.9 Å². The van der Waals surface area contributed by atoms with Crippen molar-refractivity contribution in [1.82, 2.24) is 14.8 Å². The molecule has 0 spiro atoms. The lowest BCUT2D eigenvalue weighted by Gasteiger charge is -2.28. The van der Waals surface area contributed by atoms with E-state index in [2.05, 4.69) is 5.32 Å². The molecule has 112 valence electrons. The van der Waals surface area contributed by atoms with Gasteiger partial charge in [-0.05, 0) is 31.5 Å². The fourth-order valence-electron chi connectivity index (χ4n) is 2.51. The molecule has 1 saturated heterocycles. The summed E-state index contributed by atoms with van der Waals surface area (Å²) in [6.07, 6.45) is 3.52. The average molecular weight is 300 g/mol. The lowest BCUT2D eigenvalue weighted by Crippen LogP contribution is -2.44. The van der Waals surface area contributed by atoms with E-state index >= 15 is 0 Å². The molecule has 5 nitrogen and oxygen atoms in total. The highest BCUT2D eigenvalue weighted by Gasteiger charge is 2.27. The number of carbonyl (C=O) groups excluding carboxylic acids is 1. The summed E-state index contributed by atoms with van der Waals surface area (Å²) in [4.78, 5) is 26.5. The molecule has 20 heavy (non-hydrogen) atoms. The van der Waals surface area contributed by atoms with E-state index in [-0.39, 0.29) is 35.5 Å². The van der Waals surface area contributed by atoms with E-state index in [0.29, 0.717) is 6.54 Å². The van der Waals surface area contributed by atoms with E-state index in [4.69, 9.17) is 0 Å². The Hall–Kier alpha value is -1.33. The SMILES string of the molecule is CCCN(C(=O)c1cccn(C)c1=O)C1CCNC1.Cl. The Balaban J connectivity index is 0.00000200. The highest BCUT2D eigenvalue weighted by Crippen LogP contribution is 2.12. The van der Waals surface area contributed by atoms with Crippen LogP contribution in [0.15, 0.2) is 23.1 Å². The second kappa shape index (κ2) is 7.45. The number of hydrogen-bond acceptors (Lipinski definition) is 3. The molecule has 1 aromatic heterocycles. The molecule has 1 N–H and O–H groups in total. The first-order valence-electron chi connectivity index (χ1n) is 6.82. The number of aromatic nitrogens is 1. The topological polar surface area (TPSA) is 54.3 Å². The summed E-state index contributed by atoms with van der Waals surface area (Å²) < 4.78 is 1.45. The van der Waals surface area contributed by atoms with Crippen LogP contribution in [0, 0.1) is 0 Å². The summed E-state index contributed by atoms with van der Waals surface area (Å²) in [5.41, 5.74) is 0.0462. The molecule has 2 rings (SSSR count). The maximum atomic E-state index is 12.6. The largest absolute Gasteiger partial charge is 0.334 e. The van der Waals surface area contributed by atoms with Gasteiger partial charge in [-0.15, -0.1) is 12.4 Å². The van der Waals surface area contributed by atoms with Crippen LogP contribution < -0.4 is 10.9 Å². The molecule has 1 atom stereocenters. The van der Waals surface area contributed by atoms with Gasteiger partial charge in [0.15, 0.2) is 0 Å². The Morgan fingerprint density at radius 1 is 1.55 bits per heavy atom. The molecular formula is C14H22ClN3O2. The quantitative estimate of drug-likeness (QED) is 0.903. The number of carbonyl (C=O) groups is 1. The monoisotopic (exact) mass is 299 g/mol. The molecule has 0 aliphatic carbocycles. The van der Waals surface area contributed by atoms with Gasteiger partial charge in [-0.1, -0.05) is 6.92 Å². The van der Waals surface area contributed by atoms with Gasteiger partial charge in [0, 0.05) is 32.4 Å². The zero-order chi connectivity index (χ0) is 13.8. The third-order valence-electron chi connectivity index (χ3n) is 3.55. The predicted octanol–water partition coefficient (Wildman–Crippen LogP) is 1.02. The number of nitrogens with zero attached hydrogens (tertiary/aromatic N) is 2. The average Bonchev–Trinajstić information content (AvgIpc) is 2.92. The van der Waals surface area contributed by atoms with Crippen LogP contribution in [0.25, 0.3) is 0 Å². The maximum absolute atomic E-state index is 12.6. The molecular weight excluding hydrogens is 278 g/mol. The van der Waals surface area contributed by atoms with Crippen molar-refractivity contribution in [2.45, 2.75) is 25.8 Å². The fraction of sp³-hybridized carbons (Fsp3) is 0.571. The van der Waals surface area contributed by atoms with E-state index in [1.807, 2.05) is 11.8 Å². The van der Waals surface area contributed by atoms with Crippen molar-refractivity contribution in [3.8, 4) is 0 Å². The molecule has 0 bridgehead atoms. The second-order valence-electron chi connectivity index (χ2n) is 4.98. The van der Waals surface area contributed by atoms with Crippen LogP contribution in [-0.4, -0.2) is 41.1 Å². The van der Waals surface area contributed by atoms with Crippen molar-refractivity contribution in [3.63, 3.8) is 0 Å². The normalized spacial score (nSPS) is 17.6. The molecule has 0 saturated carbocycles. The van der Waals surface area contributed by atoms with Crippen molar-refractivity contribution >= 4 is 18.3 Å². The highest BCUT2D eigenvalue weighted by molar-refractivity contribution is 5.94. The molecule has 1 aliphatic rings. The lowest BCUT2D eigenvalue weighted by atomic mass is 10.1. The van der Waals surface area contributed by atoms with Gasteiger partial charge in [-0.25, -0.2) is 0 Å². The summed E-state index contributed by atoms with van der Waals surface area (Å²) in [6.45, 7) is 4.50. The highest BCUT2D eigenvalue weighted by atomic mass is 35.5. The minimum Gasteiger partial charge on any atom is -0.334 e. The van der Waals surface area contributed by atoms with E-state index in [1.54, 1.807) is 25.4 Å². The van der Waals surface area contributed by atoms with Crippen molar-refractivity contribution in [1.29, 1.82) is 0 Å². The molecule has 1 aromatic rings. The summed E-state index contributed by atoms with van der Waals surface area (Å²) >= 11 is 0. The van der Waals surface area contributed by atoms with Gasteiger partial charge < -0.3 is 14.8 Å². The van der Waals surface area contributed by atoms with Crippen LogP contribution in [0.2, 0.25) is 0 Å². The van der Waals surface area contributed by atoms with Crippen LogP contribution in [0.5, 0.6) is 0 Å². The van der Waals surface area contributed by atoms with Crippen molar-refractivity contribution in [2.75, 3.05) is 19.6 Å². The van der Waals surface area contributed by atoms with Crippen molar-refractivity contribution in [3.05, 3.63) is 34.2 Å². The number of halogens is 1. The van der Waals surface area contributed by atoms with Gasteiger partial charge in [0.1, 0.15) is 5.56 Å². The Labute approximate surface area is 125 Å². The standard InChI is InChI=1S/C14H21N3O2.ClH/c1-3-8-17(11-6-7-15-10-11)14(19)12-5-4-9-16(2)13(12)18;/h4-5,9,11,15H,3,6-8,10H2,1-2H3;1H. The first-order chi connectivity index (χ1) is 9.15. The minimum atomic E-state index is -0.223. The Morgan fingerprint density at radius 3 is 2.90 bits per heavy atom. The third kappa shape index (κ3) is 3.41. The second-order valence-corrected chi connectivity index (χ2v) is 4.98. The van der Waals surface area contributed by atoms with Crippen molar-refractivity contribution < 1.29 is 4.79 Å². The van der Waals surface area contributed by atoms with Crippen molar-refractivity contribution in [2.24, 2.45) is 7.05 Å². The molecule has 1 amide bonds. The van der Waals surface area contributed by atoms with Crippen LogP contribution in [-0.2, 0) is 7.05 Å². The van der Waals surface area contributed by atoms with Gasteiger partial charge in [0.05, 0.1) is 0 Å². The Kier molecular flexibility index (Phi) is 6.23. The molecule has 6 heteroatoms. The third-order valence-corrected chi connectivity index (χ3v) is 3.55. The zero-order valence-corrected chi connectivity index (χ0v) is 12.8. The maximum Gasteiger partial charge on any atom is 0.263 e. The smallest absolute Gasteiger partial charge is 0.263 e. The van der Waals surface area contributed by atoms with Crippen LogP contribution in [0.1, 0.15) is 30.1 Å². The van der Waals surface area contributed by atoms with E-state index < -0.39 is 0 Å². The van der Waals surface area contributed by atoms with Crippen LogP contribution in [0.3, 0.4) is 0 Å². The molecule has 1 fully saturated rings. The lowest BCUT2D eigenvalue weighted by molar-refractivity contribution is 0.0690. The number of aryl methyl sites for hydroxylation is 1. The molecule has 1 unspecified atom stereocenters. The fourth-order valence-corrected chi connectivity index (χ4v) is 2.51. The number of amides is 1. The van der Waals surface area contributed by atoms with Crippen LogP contribution in [0.4, 0.5) is 0 Å². The molecule has 2 heterocycles. The van der Waals surface area contributed by atoms with Crippen LogP contribution >= 0.6 is 12.4 Å². The van der Waals surface area contributed by atoms with Gasteiger partial charge in [-0.3, -0.25) is 9.59 Å². The van der Waals surface area contributed by atoms with Gasteiger partial charge in [0.2, 0.25) is 0 Å². The number of pyridine rings is 1. The summed E-state index contributed by atoms with van der Waals surface area (Å²) in [5.74, 6) is -0.142. The molecule has 0 aromatic carbocycles. The predicted molar refractivity (Wildman–Crippen MR) is 81.5 cm³/mol. The number of hydrogen-bond donors (Lipinski definition) is 1. The summed E-state index contributed by atoms with van der Waals surface area (Å²) in [5, 5.41) is 3.27. The van der Waals surface area contributed by atoms with E-state index in [1.165, 1.54) is 4.57 Å². The zero-order valence-electron chi connectivity index (χ0n) is 12.0. The number of rotatable bonds is 4. The Morgan fingerprint density at radius 2 is 2.30 bits per heavy atom. The first-order valence-corrected chi connectivity index (χ1v) is 6.82.